The number of rotatable bonds is 1. The summed E-state index contributed by atoms with van der Waals surface area (Å²) in [7, 11) is 0. The van der Waals surface area contributed by atoms with E-state index in [-0.39, 0.29) is 0 Å². The van der Waals surface area contributed by atoms with Crippen LogP contribution >= 0.6 is 11.3 Å². The Balaban J connectivity index is 2.90. The minimum atomic E-state index is 0.913. The van der Waals surface area contributed by atoms with E-state index in [0.29, 0.717) is 0 Å². The molecule has 0 amide bonds. The normalized spacial score (nSPS) is 11.9. The second-order valence-electron chi connectivity index (χ2n) is 1.82. The van der Waals surface area contributed by atoms with Gasteiger partial charge in [-0.3, -0.25) is 0 Å². The van der Waals surface area contributed by atoms with Gasteiger partial charge >= 0.3 is 0 Å². The molecule has 1 aromatic rings. The molecule has 1 N–H and O–H groups in total. The van der Waals surface area contributed by atoms with Crippen LogP contribution in [-0.4, -0.2) is 5.11 Å². The van der Waals surface area contributed by atoms with E-state index >= 15 is 0 Å². The molecule has 0 fully saturated rings. The van der Waals surface area contributed by atoms with E-state index in [0.717, 1.165) is 17.4 Å². The fourth-order valence-electron chi connectivity index (χ4n) is 0.563. The molecule has 0 saturated heterocycles. The molecule has 0 radical (unpaired) electrons. The van der Waals surface area contributed by atoms with Crippen LogP contribution in [0.1, 0.15) is 12.5 Å². The number of aliphatic hydroxyl groups is 1. The highest BCUT2D eigenvalue weighted by molar-refractivity contribution is 7.08. The highest BCUT2D eigenvalue weighted by atomic mass is 32.1. The van der Waals surface area contributed by atoms with Gasteiger partial charge in [-0.05, 0) is 34.9 Å². The molecule has 0 saturated carbocycles. The molecule has 48 valence electrons. The first kappa shape index (κ1) is 6.36. The number of hydrogen-bond acceptors (Lipinski definition) is 2. The van der Waals surface area contributed by atoms with Crippen LogP contribution < -0.4 is 0 Å². The van der Waals surface area contributed by atoms with Crippen LogP contribution in [0.4, 0.5) is 0 Å². The molecular formula is C7H8OS. The van der Waals surface area contributed by atoms with Gasteiger partial charge in [-0.2, -0.15) is 11.3 Å². The van der Waals surface area contributed by atoms with Crippen LogP contribution in [0.3, 0.4) is 0 Å². The molecular weight excluding hydrogens is 132 g/mol. The van der Waals surface area contributed by atoms with Crippen LogP contribution in [0, 0.1) is 0 Å². The second kappa shape index (κ2) is 2.69. The largest absolute Gasteiger partial charge is 0.515 e. The maximum absolute atomic E-state index is 8.55. The predicted molar refractivity (Wildman–Crippen MR) is 40.6 cm³/mol. The maximum atomic E-state index is 8.55. The lowest BCUT2D eigenvalue weighted by Gasteiger charge is -1.89. The Morgan fingerprint density at radius 3 is 3.00 bits per heavy atom. The van der Waals surface area contributed by atoms with Crippen molar-refractivity contribution in [2.24, 2.45) is 0 Å². The first-order valence-corrected chi connectivity index (χ1v) is 3.62. The van der Waals surface area contributed by atoms with Gasteiger partial charge in [0.25, 0.3) is 0 Å². The smallest absolute Gasteiger partial charge is 0.0827 e. The Hall–Kier alpha value is -0.760. The van der Waals surface area contributed by atoms with Crippen molar-refractivity contribution in [3.63, 3.8) is 0 Å². The van der Waals surface area contributed by atoms with Crippen LogP contribution in [0.2, 0.25) is 0 Å². The summed E-state index contributed by atoms with van der Waals surface area (Å²) in [5.41, 5.74) is 2.01. The molecule has 0 aromatic carbocycles. The first-order chi connectivity index (χ1) is 4.34. The highest BCUT2D eigenvalue weighted by Gasteiger charge is 1.92. The Morgan fingerprint density at radius 2 is 2.56 bits per heavy atom. The molecule has 0 aliphatic heterocycles. The van der Waals surface area contributed by atoms with E-state index in [4.69, 9.17) is 5.11 Å². The zero-order chi connectivity index (χ0) is 6.69. The lowest BCUT2D eigenvalue weighted by molar-refractivity contribution is 0.475. The van der Waals surface area contributed by atoms with E-state index in [1.807, 2.05) is 23.8 Å². The molecule has 0 bridgehead atoms. The summed E-state index contributed by atoms with van der Waals surface area (Å²) in [6.07, 6.45) is 1.13. The van der Waals surface area contributed by atoms with Crippen molar-refractivity contribution in [2.45, 2.75) is 6.92 Å². The Bertz CT molecular complexity index is 199. The summed E-state index contributed by atoms with van der Waals surface area (Å²) in [5.74, 6) is 0. The van der Waals surface area contributed by atoms with E-state index in [2.05, 4.69) is 0 Å². The summed E-state index contributed by atoms with van der Waals surface area (Å²) in [6, 6.07) is 1.98. The molecule has 0 unspecified atom stereocenters. The van der Waals surface area contributed by atoms with Gasteiger partial charge in [-0.25, -0.2) is 0 Å². The summed E-state index contributed by atoms with van der Waals surface area (Å²) < 4.78 is 0. The van der Waals surface area contributed by atoms with Crippen molar-refractivity contribution in [3.8, 4) is 0 Å². The monoisotopic (exact) mass is 140 g/mol. The van der Waals surface area contributed by atoms with Crippen molar-refractivity contribution in [1.29, 1.82) is 0 Å². The Morgan fingerprint density at radius 1 is 1.78 bits per heavy atom. The summed E-state index contributed by atoms with van der Waals surface area (Å²) >= 11 is 1.63. The number of allylic oxidation sites excluding steroid dienone is 1. The Labute approximate surface area is 58.3 Å². The van der Waals surface area contributed by atoms with Gasteiger partial charge in [-0.15, -0.1) is 0 Å². The van der Waals surface area contributed by atoms with Gasteiger partial charge < -0.3 is 5.11 Å². The van der Waals surface area contributed by atoms with E-state index in [9.17, 15) is 0 Å². The predicted octanol–water partition coefficient (Wildman–Crippen LogP) is 2.67. The van der Waals surface area contributed by atoms with Crippen LogP contribution in [0.25, 0.3) is 5.57 Å². The van der Waals surface area contributed by atoms with Crippen molar-refractivity contribution in [1.82, 2.24) is 0 Å². The van der Waals surface area contributed by atoms with Gasteiger partial charge in [0.15, 0.2) is 0 Å². The molecule has 1 heterocycles. The zero-order valence-corrected chi connectivity index (χ0v) is 5.98. The number of aliphatic hydroxyl groups excluding tert-OH is 1. The molecule has 0 atom stereocenters. The average Bonchev–Trinajstić information content (AvgIpc) is 2.37. The fourth-order valence-corrected chi connectivity index (χ4v) is 1.28. The third-order valence-electron chi connectivity index (χ3n) is 1.17. The average molecular weight is 140 g/mol. The quantitative estimate of drug-likeness (QED) is 0.594. The van der Waals surface area contributed by atoms with Crippen molar-refractivity contribution in [3.05, 3.63) is 28.7 Å². The Kier molecular flexibility index (Phi) is 1.90. The molecule has 2 heteroatoms. The minimum Gasteiger partial charge on any atom is -0.515 e. The third-order valence-corrected chi connectivity index (χ3v) is 1.85. The lowest BCUT2D eigenvalue weighted by Crippen LogP contribution is -1.70. The SMILES string of the molecule is C/C(=C\O)c1ccsc1. The third kappa shape index (κ3) is 1.33. The van der Waals surface area contributed by atoms with E-state index in [1.165, 1.54) is 0 Å². The summed E-state index contributed by atoms with van der Waals surface area (Å²) in [5, 5.41) is 12.5. The van der Waals surface area contributed by atoms with Crippen molar-refractivity contribution < 1.29 is 5.11 Å². The molecule has 1 aromatic heterocycles. The van der Waals surface area contributed by atoms with E-state index < -0.39 is 0 Å². The maximum Gasteiger partial charge on any atom is 0.0827 e. The molecule has 0 aliphatic carbocycles. The fraction of sp³-hybridized carbons (Fsp3) is 0.143. The van der Waals surface area contributed by atoms with Crippen molar-refractivity contribution in [2.75, 3.05) is 0 Å². The first-order valence-electron chi connectivity index (χ1n) is 2.68. The highest BCUT2D eigenvalue weighted by Crippen LogP contribution is 2.15. The molecule has 0 aliphatic rings. The van der Waals surface area contributed by atoms with Crippen LogP contribution in [0.15, 0.2) is 23.1 Å². The van der Waals surface area contributed by atoms with Crippen molar-refractivity contribution >= 4 is 16.9 Å². The molecule has 1 nitrogen and oxygen atoms in total. The van der Waals surface area contributed by atoms with Crippen LogP contribution in [-0.2, 0) is 0 Å². The molecule has 0 spiro atoms. The summed E-state index contributed by atoms with van der Waals surface area (Å²) in [6.45, 7) is 1.88. The minimum absolute atomic E-state index is 0.913. The van der Waals surface area contributed by atoms with Gasteiger partial charge in [0.2, 0.25) is 0 Å². The second-order valence-corrected chi connectivity index (χ2v) is 2.60. The summed E-state index contributed by atoms with van der Waals surface area (Å²) in [4.78, 5) is 0. The zero-order valence-electron chi connectivity index (χ0n) is 5.16. The van der Waals surface area contributed by atoms with Gasteiger partial charge in [0.05, 0.1) is 6.26 Å². The lowest BCUT2D eigenvalue weighted by atomic mass is 10.2. The topological polar surface area (TPSA) is 20.2 Å². The van der Waals surface area contributed by atoms with Crippen LogP contribution in [0.5, 0.6) is 0 Å². The van der Waals surface area contributed by atoms with Gasteiger partial charge in [0.1, 0.15) is 0 Å². The van der Waals surface area contributed by atoms with Gasteiger partial charge in [-0.1, -0.05) is 0 Å². The number of thiophene rings is 1. The van der Waals surface area contributed by atoms with E-state index in [1.54, 1.807) is 11.3 Å². The molecule has 9 heavy (non-hydrogen) atoms. The molecule has 1 rings (SSSR count). The van der Waals surface area contributed by atoms with Gasteiger partial charge in [0, 0.05) is 0 Å². The number of hydrogen-bond donors (Lipinski definition) is 1. The standard InChI is InChI=1S/C7H8OS/c1-6(4-8)7-2-3-9-5-7/h2-5,8H,1H3/b6-4+.